The van der Waals surface area contributed by atoms with Crippen molar-refractivity contribution in [2.45, 2.75) is 20.8 Å². The highest BCUT2D eigenvalue weighted by molar-refractivity contribution is 6.68. The van der Waals surface area contributed by atoms with E-state index >= 15 is 0 Å². The Morgan fingerprint density at radius 3 is 2.43 bits per heavy atom. The van der Waals surface area contributed by atoms with Crippen LogP contribution in [0.3, 0.4) is 0 Å². The second-order valence-corrected chi connectivity index (χ2v) is 2.55. The van der Waals surface area contributed by atoms with Gasteiger partial charge >= 0.3 is 0 Å². The molecule has 0 fully saturated rings. The maximum absolute atomic E-state index is 10.8. The van der Waals surface area contributed by atoms with E-state index in [1.54, 1.807) is 24.3 Å². The molecular weight excluding hydrogens is 200 g/mol. The van der Waals surface area contributed by atoms with Crippen molar-refractivity contribution in [3.63, 3.8) is 0 Å². The SMILES string of the molecule is CC.CCOc1ccccc1C(=O)Cl. The summed E-state index contributed by atoms with van der Waals surface area (Å²) in [6, 6.07) is 6.91. The Labute approximate surface area is 89.8 Å². The third-order valence-corrected chi connectivity index (χ3v) is 1.60. The molecule has 0 saturated heterocycles. The molecule has 0 unspecified atom stereocenters. The van der Waals surface area contributed by atoms with Gasteiger partial charge in [0.25, 0.3) is 5.24 Å². The van der Waals surface area contributed by atoms with Crippen molar-refractivity contribution in [1.29, 1.82) is 0 Å². The molecule has 0 aromatic heterocycles. The van der Waals surface area contributed by atoms with Crippen LogP contribution in [-0.4, -0.2) is 11.8 Å². The van der Waals surface area contributed by atoms with Crippen molar-refractivity contribution in [1.82, 2.24) is 0 Å². The van der Waals surface area contributed by atoms with Crippen LogP contribution in [0.2, 0.25) is 0 Å². The van der Waals surface area contributed by atoms with Crippen LogP contribution >= 0.6 is 11.6 Å². The topological polar surface area (TPSA) is 26.3 Å². The number of carbonyl (C=O) groups is 1. The van der Waals surface area contributed by atoms with E-state index in [1.165, 1.54) is 0 Å². The molecule has 0 radical (unpaired) electrons. The van der Waals surface area contributed by atoms with Crippen molar-refractivity contribution < 1.29 is 9.53 Å². The summed E-state index contributed by atoms with van der Waals surface area (Å²) in [7, 11) is 0. The number of carbonyl (C=O) groups excluding carboxylic acids is 1. The van der Waals surface area contributed by atoms with Gasteiger partial charge in [0.1, 0.15) is 5.75 Å². The first-order valence-corrected chi connectivity index (χ1v) is 5.05. The fourth-order valence-corrected chi connectivity index (χ4v) is 1.07. The van der Waals surface area contributed by atoms with Gasteiger partial charge in [-0.05, 0) is 30.7 Å². The highest BCUT2D eigenvalue weighted by Gasteiger charge is 2.07. The van der Waals surface area contributed by atoms with E-state index in [-0.39, 0.29) is 0 Å². The molecule has 0 bridgehead atoms. The molecule has 0 N–H and O–H groups in total. The number of halogens is 1. The lowest BCUT2D eigenvalue weighted by atomic mass is 10.2. The fraction of sp³-hybridized carbons (Fsp3) is 0.364. The minimum absolute atomic E-state index is 0.418. The van der Waals surface area contributed by atoms with Gasteiger partial charge in [-0.1, -0.05) is 26.0 Å². The highest BCUT2D eigenvalue weighted by Crippen LogP contribution is 2.19. The van der Waals surface area contributed by atoms with Crippen molar-refractivity contribution in [2.24, 2.45) is 0 Å². The maximum atomic E-state index is 10.8. The monoisotopic (exact) mass is 214 g/mol. The number of ether oxygens (including phenoxy) is 1. The van der Waals surface area contributed by atoms with Gasteiger partial charge in [0, 0.05) is 0 Å². The molecule has 0 atom stereocenters. The molecule has 0 amide bonds. The number of rotatable bonds is 3. The number of hydrogen-bond donors (Lipinski definition) is 0. The molecular formula is C11H15ClO2. The summed E-state index contributed by atoms with van der Waals surface area (Å²) in [6.07, 6.45) is 0. The minimum atomic E-state index is -0.487. The van der Waals surface area contributed by atoms with Gasteiger partial charge < -0.3 is 4.74 Å². The van der Waals surface area contributed by atoms with E-state index in [1.807, 2.05) is 20.8 Å². The average molecular weight is 215 g/mol. The first kappa shape index (κ1) is 13.0. The van der Waals surface area contributed by atoms with Gasteiger partial charge in [0.15, 0.2) is 0 Å². The van der Waals surface area contributed by atoms with Gasteiger partial charge in [-0.15, -0.1) is 0 Å². The quantitative estimate of drug-likeness (QED) is 0.720. The fourth-order valence-electron chi connectivity index (χ4n) is 0.910. The molecule has 1 aromatic carbocycles. The van der Waals surface area contributed by atoms with E-state index in [0.717, 1.165) is 0 Å². The molecule has 1 rings (SSSR count). The smallest absolute Gasteiger partial charge is 0.256 e. The Balaban J connectivity index is 0.000000791. The van der Waals surface area contributed by atoms with Crippen LogP contribution in [0.25, 0.3) is 0 Å². The predicted molar refractivity (Wildman–Crippen MR) is 59.1 cm³/mol. The molecule has 1 aromatic rings. The van der Waals surface area contributed by atoms with Gasteiger partial charge in [0.2, 0.25) is 0 Å². The highest BCUT2D eigenvalue weighted by atomic mass is 35.5. The summed E-state index contributed by atoms with van der Waals surface area (Å²) in [6.45, 7) is 6.39. The van der Waals surface area contributed by atoms with Gasteiger partial charge in [0.05, 0.1) is 12.2 Å². The molecule has 3 heteroatoms. The second-order valence-electron chi connectivity index (χ2n) is 2.20. The normalized spacial score (nSPS) is 8.57. The van der Waals surface area contributed by atoms with Crippen molar-refractivity contribution >= 4 is 16.8 Å². The molecule has 0 saturated carbocycles. The zero-order valence-corrected chi connectivity index (χ0v) is 9.47. The summed E-state index contributed by atoms with van der Waals surface area (Å²) in [4.78, 5) is 10.8. The van der Waals surface area contributed by atoms with Gasteiger partial charge in [-0.25, -0.2) is 0 Å². The minimum Gasteiger partial charge on any atom is -0.493 e. The lowest BCUT2D eigenvalue weighted by Gasteiger charge is -2.05. The van der Waals surface area contributed by atoms with E-state index in [4.69, 9.17) is 16.3 Å². The molecule has 0 aliphatic heterocycles. The lowest BCUT2D eigenvalue weighted by molar-refractivity contribution is 0.107. The van der Waals surface area contributed by atoms with E-state index < -0.39 is 5.24 Å². The summed E-state index contributed by atoms with van der Waals surface area (Å²) >= 11 is 5.33. The largest absolute Gasteiger partial charge is 0.493 e. The molecule has 0 heterocycles. The van der Waals surface area contributed by atoms with Crippen LogP contribution in [-0.2, 0) is 0 Å². The first-order chi connectivity index (χ1) is 6.75. The molecule has 0 aliphatic carbocycles. The Morgan fingerprint density at radius 2 is 1.93 bits per heavy atom. The van der Waals surface area contributed by atoms with Gasteiger partial charge in [-0.3, -0.25) is 4.79 Å². The van der Waals surface area contributed by atoms with E-state index in [0.29, 0.717) is 17.9 Å². The van der Waals surface area contributed by atoms with Gasteiger partial charge in [-0.2, -0.15) is 0 Å². The zero-order valence-electron chi connectivity index (χ0n) is 8.71. The predicted octanol–water partition coefficient (Wildman–Crippen LogP) is 3.49. The third kappa shape index (κ3) is 3.79. The van der Waals surface area contributed by atoms with Crippen molar-refractivity contribution in [3.05, 3.63) is 29.8 Å². The summed E-state index contributed by atoms with van der Waals surface area (Å²) in [5, 5.41) is -0.487. The standard InChI is InChI=1S/C9H9ClO2.C2H6/c1-2-12-8-6-4-3-5-7(8)9(10)11;1-2/h3-6H,2H2,1H3;1-2H3. The maximum Gasteiger partial charge on any atom is 0.256 e. The second kappa shape index (κ2) is 7.39. The third-order valence-electron chi connectivity index (χ3n) is 1.40. The van der Waals surface area contributed by atoms with Crippen LogP contribution in [0, 0.1) is 0 Å². The lowest BCUT2D eigenvalue weighted by Crippen LogP contribution is -1.98. The average Bonchev–Trinajstić information content (AvgIpc) is 2.22. The number of benzene rings is 1. The van der Waals surface area contributed by atoms with E-state index in [9.17, 15) is 4.79 Å². The number of hydrogen-bond acceptors (Lipinski definition) is 2. The summed E-state index contributed by atoms with van der Waals surface area (Å²) in [5.41, 5.74) is 0.418. The van der Waals surface area contributed by atoms with Crippen LogP contribution in [0.5, 0.6) is 5.75 Å². The Morgan fingerprint density at radius 1 is 1.36 bits per heavy atom. The Hall–Kier alpha value is -1.02. The summed E-state index contributed by atoms with van der Waals surface area (Å²) < 4.78 is 5.19. The Bertz CT molecular complexity index is 284. The van der Waals surface area contributed by atoms with Crippen LogP contribution in [0.4, 0.5) is 0 Å². The molecule has 78 valence electrons. The zero-order chi connectivity index (χ0) is 11.0. The molecule has 2 nitrogen and oxygen atoms in total. The Kier molecular flexibility index (Phi) is 6.85. The van der Waals surface area contributed by atoms with Crippen LogP contribution in [0.1, 0.15) is 31.1 Å². The number of para-hydroxylation sites is 1. The van der Waals surface area contributed by atoms with Crippen molar-refractivity contribution in [2.75, 3.05) is 6.61 Å². The van der Waals surface area contributed by atoms with Crippen LogP contribution in [0.15, 0.2) is 24.3 Å². The van der Waals surface area contributed by atoms with Crippen molar-refractivity contribution in [3.8, 4) is 5.75 Å². The van der Waals surface area contributed by atoms with E-state index in [2.05, 4.69) is 0 Å². The molecule has 14 heavy (non-hydrogen) atoms. The summed E-state index contributed by atoms with van der Waals surface area (Å²) in [5.74, 6) is 0.542. The molecule has 0 aliphatic rings. The first-order valence-electron chi connectivity index (χ1n) is 4.67. The molecule has 0 spiro atoms. The van der Waals surface area contributed by atoms with Crippen LogP contribution < -0.4 is 4.74 Å².